The molecule has 2 atom stereocenters. The number of rotatable bonds is 6. The molecule has 1 aliphatic rings. The molecule has 1 saturated heterocycles. The van der Waals surface area contributed by atoms with Gasteiger partial charge in [-0.1, -0.05) is 12.1 Å². The Kier molecular flexibility index (Phi) is 6.90. The lowest BCUT2D eigenvalue weighted by Gasteiger charge is -2.39. The van der Waals surface area contributed by atoms with Crippen LogP contribution in [0.1, 0.15) is 45.9 Å². The molecule has 1 aliphatic heterocycles. The van der Waals surface area contributed by atoms with Crippen molar-refractivity contribution in [3.63, 3.8) is 0 Å². The number of methoxy groups -OCH3 is 3. The van der Waals surface area contributed by atoms with Gasteiger partial charge in [0.2, 0.25) is 0 Å². The quantitative estimate of drug-likeness (QED) is 0.530. The van der Waals surface area contributed by atoms with Gasteiger partial charge in [0.25, 0.3) is 0 Å². The number of fused-ring (bicyclic) bond motifs is 1. The highest BCUT2D eigenvalue weighted by Gasteiger charge is 2.31. The van der Waals surface area contributed by atoms with Gasteiger partial charge < -0.3 is 19.3 Å². The summed E-state index contributed by atoms with van der Waals surface area (Å²) in [5.74, 6) is 0.373. The molecule has 0 radical (unpaired) electrons. The molecule has 0 saturated carbocycles. The van der Waals surface area contributed by atoms with E-state index in [9.17, 15) is 14.7 Å². The summed E-state index contributed by atoms with van der Waals surface area (Å²) in [6.45, 7) is 3.29. The zero-order valence-corrected chi connectivity index (χ0v) is 19.9. The molecule has 1 N–H and O–H groups in total. The van der Waals surface area contributed by atoms with Crippen LogP contribution in [-0.4, -0.2) is 60.6 Å². The summed E-state index contributed by atoms with van der Waals surface area (Å²) in [6.07, 6.45) is 2.40. The highest BCUT2D eigenvalue weighted by atomic mass is 16.5. The van der Waals surface area contributed by atoms with E-state index in [0.717, 1.165) is 47.2 Å². The molecule has 1 fully saturated rings. The third-order valence-electron chi connectivity index (χ3n) is 6.73. The van der Waals surface area contributed by atoms with Gasteiger partial charge in [0.05, 0.1) is 31.4 Å². The number of ether oxygens (including phenoxy) is 3. The fourth-order valence-corrected chi connectivity index (χ4v) is 4.96. The van der Waals surface area contributed by atoms with Crippen molar-refractivity contribution in [3.8, 4) is 5.75 Å². The third kappa shape index (κ3) is 4.38. The summed E-state index contributed by atoms with van der Waals surface area (Å²) < 4.78 is 17.5. The number of carbonyl (C=O) groups is 2. The number of nitrogens with zero attached hydrogens (tertiary/aromatic N) is 2. The van der Waals surface area contributed by atoms with Crippen molar-refractivity contribution in [1.29, 1.82) is 0 Å². The molecule has 34 heavy (non-hydrogen) atoms. The number of carbonyl (C=O) groups excluding carboxylic acids is 1. The van der Waals surface area contributed by atoms with Crippen LogP contribution in [0.2, 0.25) is 0 Å². The van der Waals surface area contributed by atoms with Crippen LogP contribution in [0.3, 0.4) is 0 Å². The zero-order chi connectivity index (χ0) is 24.4. The van der Waals surface area contributed by atoms with Gasteiger partial charge in [0.15, 0.2) is 0 Å². The average molecular weight is 467 g/mol. The van der Waals surface area contributed by atoms with Crippen LogP contribution >= 0.6 is 0 Å². The molecule has 3 aromatic rings. The molecule has 4 rings (SSSR count). The summed E-state index contributed by atoms with van der Waals surface area (Å²) in [6, 6.07) is 11.3. The maximum Gasteiger partial charge on any atom is 0.416 e. The summed E-state index contributed by atoms with van der Waals surface area (Å²) in [4.78, 5) is 26.0. The molecule has 0 bridgehead atoms. The largest absolute Gasteiger partial charge is 0.496 e. The maximum atomic E-state index is 11.9. The van der Waals surface area contributed by atoms with E-state index in [0.29, 0.717) is 17.6 Å². The van der Waals surface area contributed by atoms with Crippen LogP contribution in [0, 0.1) is 6.92 Å². The van der Waals surface area contributed by atoms with Crippen molar-refractivity contribution in [1.82, 2.24) is 9.47 Å². The number of aromatic nitrogens is 1. The van der Waals surface area contributed by atoms with E-state index in [1.54, 1.807) is 32.5 Å². The third-order valence-corrected chi connectivity index (χ3v) is 6.73. The number of likely N-dealkylation sites (tertiary alicyclic amines) is 1. The first-order valence-corrected chi connectivity index (χ1v) is 11.2. The molecule has 180 valence electrons. The highest BCUT2D eigenvalue weighted by molar-refractivity contribution is 5.94. The Balaban J connectivity index is 1.73. The van der Waals surface area contributed by atoms with Crippen LogP contribution in [0.25, 0.3) is 10.9 Å². The second-order valence-electron chi connectivity index (χ2n) is 8.59. The minimum atomic E-state index is -1.02. The van der Waals surface area contributed by atoms with Crippen LogP contribution in [-0.2, 0) is 16.0 Å². The molecule has 0 amide bonds. The molecule has 2 heterocycles. The SMILES string of the molecule is COC(=O)c1ccc(C2CC(OC)CCN2Cc2c(OC)cc(C)c3c2ccn3C(=O)O)cc1. The van der Waals surface area contributed by atoms with Gasteiger partial charge >= 0.3 is 12.1 Å². The molecule has 0 spiro atoms. The second kappa shape index (κ2) is 9.87. The van der Waals surface area contributed by atoms with Crippen LogP contribution in [0.4, 0.5) is 4.79 Å². The van der Waals surface area contributed by atoms with Crippen LogP contribution < -0.4 is 4.74 Å². The smallest absolute Gasteiger partial charge is 0.416 e. The lowest BCUT2D eigenvalue weighted by Crippen LogP contribution is -2.39. The van der Waals surface area contributed by atoms with Gasteiger partial charge in [0.1, 0.15) is 5.75 Å². The lowest BCUT2D eigenvalue weighted by atomic mass is 9.91. The van der Waals surface area contributed by atoms with Crippen LogP contribution in [0.5, 0.6) is 5.75 Å². The van der Waals surface area contributed by atoms with E-state index < -0.39 is 6.09 Å². The molecule has 2 aromatic carbocycles. The van der Waals surface area contributed by atoms with E-state index in [2.05, 4.69) is 4.90 Å². The first-order valence-electron chi connectivity index (χ1n) is 11.2. The van der Waals surface area contributed by atoms with Crippen molar-refractivity contribution >= 4 is 23.0 Å². The number of esters is 1. The monoisotopic (exact) mass is 466 g/mol. The van der Waals surface area contributed by atoms with Gasteiger partial charge in [-0.05, 0) is 55.2 Å². The molecule has 8 nitrogen and oxygen atoms in total. The molecule has 2 unspecified atom stereocenters. The molecular formula is C26H30N2O6. The number of carboxylic acid groups (broad SMARTS) is 1. The minimum absolute atomic E-state index is 0.0630. The summed E-state index contributed by atoms with van der Waals surface area (Å²) in [5.41, 5.74) is 4.06. The zero-order valence-electron chi connectivity index (χ0n) is 19.9. The Bertz CT molecular complexity index is 1200. The van der Waals surface area contributed by atoms with Gasteiger partial charge in [-0.3, -0.25) is 9.47 Å². The van der Waals surface area contributed by atoms with E-state index in [1.807, 2.05) is 31.2 Å². The van der Waals surface area contributed by atoms with Gasteiger partial charge in [-0.15, -0.1) is 0 Å². The van der Waals surface area contributed by atoms with Crippen molar-refractivity contribution in [2.24, 2.45) is 0 Å². The number of piperidine rings is 1. The predicted molar refractivity (Wildman–Crippen MR) is 128 cm³/mol. The maximum absolute atomic E-state index is 11.9. The Labute approximate surface area is 198 Å². The normalized spacial score (nSPS) is 18.7. The Morgan fingerprint density at radius 2 is 1.85 bits per heavy atom. The average Bonchev–Trinajstić information content (AvgIpc) is 3.31. The number of benzene rings is 2. The van der Waals surface area contributed by atoms with Crippen molar-refractivity contribution < 1.29 is 28.9 Å². The van der Waals surface area contributed by atoms with E-state index in [1.165, 1.54) is 11.7 Å². The lowest BCUT2D eigenvalue weighted by molar-refractivity contribution is 0.00675. The van der Waals surface area contributed by atoms with E-state index >= 15 is 0 Å². The molecule has 1 aromatic heterocycles. The second-order valence-corrected chi connectivity index (χ2v) is 8.59. The molecule has 0 aliphatic carbocycles. The van der Waals surface area contributed by atoms with Gasteiger partial charge in [0, 0.05) is 43.4 Å². The Morgan fingerprint density at radius 3 is 2.47 bits per heavy atom. The summed E-state index contributed by atoms with van der Waals surface area (Å²) >= 11 is 0. The van der Waals surface area contributed by atoms with Crippen molar-refractivity contribution in [2.45, 2.75) is 38.5 Å². The van der Waals surface area contributed by atoms with Crippen molar-refractivity contribution in [2.75, 3.05) is 27.9 Å². The predicted octanol–water partition coefficient (Wildman–Crippen LogP) is 4.62. The molecule has 8 heteroatoms. The van der Waals surface area contributed by atoms with Gasteiger partial charge in [-0.25, -0.2) is 9.59 Å². The summed E-state index contributed by atoms with van der Waals surface area (Å²) in [7, 11) is 4.74. The first-order chi connectivity index (χ1) is 16.4. The number of hydrogen-bond acceptors (Lipinski definition) is 6. The van der Waals surface area contributed by atoms with E-state index in [4.69, 9.17) is 14.2 Å². The van der Waals surface area contributed by atoms with Crippen molar-refractivity contribution in [3.05, 3.63) is 64.8 Å². The Hall–Kier alpha value is -3.36. The highest BCUT2D eigenvalue weighted by Crippen LogP contribution is 2.38. The first kappa shape index (κ1) is 23.8. The van der Waals surface area contributed by atoms with Gasteiger partial charge in [-0.2, -0.15) is 0 Å². The molecular weight excluding hydrogens is 436 g/mol. The minimum Gasteiger partial charge on any atom is -0.496 e. The Morgan fingerprint density at radius 1 is 1.12 bits per heavy atom. The standard InChI is InChI=1S/C26H30N2O6/c1-16-13-23(33-3)21(20-10-12-28(24(16)20)26(30)31)15-27-11-9-19(32-2)14-22(27)17-5-7-18(8-6-17)25(29)34-4/h5-8,10,12-13,19,22H,9,11,14-15H2,1-4H3,(H,30,31). The fraction of sp³-hybridized carbons (Fsp3) is 0.385. The fourth-order valence-electron chi connectivity index (χ4n) is 4.96. The van der Waals surface area contributed by atoms with Crippen LogP contribution in [0.15, 0.2) is 42.6 Å². The number of aryl methyl sites for hydroxylation is 1. The van der Waals surface area contributed by atoms with E-state index in [-0.39, 0.29) is 18.1 Å². The number of hydrogen-bond donors (Lipinski definition) is 1. The summed E-state index contributed by atoms with van der Waals surface area (Å²) in [5, 5.41) is 10.5. The topological polar surface area (TPSA) is 90.2 Å².